The Balaban J connectivity index is 1.45. The molecule has 7 nitrogen and oxygen atoms in total. The Morgan fingerprint density at radius 1 is 1.12 bits per heavy atom. The summed E-state index contributed by atoms with van der Waals surface area (Å²) in [5.74, 6) is 3.24. The zero-order chi connectivity index (χ0) is 22.6. The number of benzene rings is 2. The van der Waals surface area contributed by atoms with Crippen molar-refractivity contribution in [1.82, 2.24) is 24.9 Å². The highest BCUT2D eigenvalue weighted by Crippen LogP contribution is 2.40. The van der Waals surface area contributed by atoms with Gasteiger partial charge in [0.2, 0.25) is 0 Å². The van der Waals surface area contributed by atoms with Crippen molar-refractivity contribution in [3.05, 3.63) is 72.3 Å². The van der Waals surface area contributed by atoms with Gasteiger partial charge in [0.05, 0.1) is 0 Å². The van der Waals surface area contributed by atoms with E-state index in [1.807, 2.05) is 47.0 Å². The summed E-state index contributed by atoms with van der Waals surface area (Å²) in [7, 11) is 0. The second-order valence-corrected chi connectivity index (χ2v) is 8.71. The molecule has 4 aromatic rings. The maximum atomic E-state index is 6.32. The molecule has 2 atom stereocenters. The Labute approximate surface area is 194 Å². The molecule has 170 valence electrons. The van der Waals surface area contributed by atoms with Crippen LogP contribution in [-0.4, -0.2) is 32.7 Å². The normalized spacial score (nSPS) is 18.1. The van der Waals surface area contributed by atoms with Crippen molar-refractivity contribution in [2.75, 3.05) is 18.8 Å². The molecule has 1 aliphatic carbocycles. The average molecular weight is 443 g/mol. The monoisotopic (exact) mass is 442 g/mol. The van der Waals surface area contributed by atoms with Crippen molar-refractivity contribution in [3.63, 3.8) is 0 Å². The lowest BCUT2D eigenvalue weighted by Crippen LogP contribution is -2.20. The number of nitrogen functional groups attached to an aromatic ring is 1. The van der Waals surface area contributed by atoms with Gasteiger partial charge in [-0.2, -0.15) is 5.10 Å². The Bertz CT molecular complexity index is 1220. The third-order valence-corrected chi connectivity index (χ3v) is 6.43. The van der Waals surface area contributed by atoms with Crippen LogP contribution in [0.25, 0.3) is 16.8 Å². The van der Waals surface area contributed by atoms with Crippen LogP contribution in [0.5, 0.6) is 5.75 Å². The summed E-state index contributed by atoms with van der Waals surface area (Å²) < 4.78 is 7.95. The molecule has 2 unspecified atom stereocenters. The number of fused-ring (bicyclic) bond motifs is 1. The van der Waals surface area contributed by atoms with Gasteiger partial charge in [-0.25, -0.2) is 14.5 Å². The Kier molecular flexibility index (Phi) is 6.21. The van der Waals surface area contributed by atoms with Crippen molar-refractivity contribution >= 4 is 11.3 Å². The molecule has 3 N–H and O–H groups in total. The summed E-state index contributed by atoms with van der Waals surface area (Å²) in [6, 6.07) is 18.2. The number of nitrogens with two attached hydrogens (primary N) is 1. The van der Waals surface area contributed by atoms with Crippen LogP contribution < -0.4 is 15.8 Å². The predicted molar refractivity (Wildman–Crippen MR) is 130 cm³/mol. The van der Waals surface area contributed by atoms with Crippen molar-refractivity contribution in [2.45, 2.75) is 38.7 Å². The molecule has 0 spiro atoms. The fourth-order valence-corrected chi connectivity index (χ4v) is 4.76. The predicted octanol–water partition coefficient (Wildman–Crippen LogP) is 4.45. The van der Waals surface area contributed by atoms with Crippen LogP contribution in [0, 0.1) is 5.92 Å². The highest BCUT2D eigenvalue weighted by Gasteiger charge is 2.30. The highest BCUT2D eigenvalue weighted by atomic mass is 16.5. The van der Waals surface area contributed by atoms with Gasteiger partial charge < -0.3 is 15.8 Å². The SMILES string of the molecule is CCNCC1CCC(c2nc(-c3cccc(OCc4ccccc4)c3)c3c(N)ncnn23)C1. The minimum atomic E-state index is 0.363. The van der Waals surface area contributed by atoms with E-state index in [9.17, 15) is 0 Å². The third kappa shape index (κ3) is 4.54. The molecule has 2 heterocycles. The average Bonchev–Trinajstić information content (AvgIpc) is 3.48. The molecule has 1 aliphatic rings. The lowest BCUT2D eigenvalue weighted by atomic mass is 10.0. The molecular formula is C26H30N6O. The quantitative estimate of drug-likeness (QED) is 0.419. The number of hydrogen-bond acceptors (Lipinski definition) is 6. The number of imidazole rings is 1. The van der Waals surface area contributed by atoms with E-state index in [0.29, 0.717) is 24.3 Å². The standard InChI is InChI=1S/C26H30N6O/c1-2-28-15-19-11-12-21(13-19)26-31-23(24-25(27)29-17-30-32(24)26)20-9-6-10-22(14-20)33-16-18-7-4-3-5-8-18/h3-10,14,17,19,21,28H,2,11-13,15-16H2,1H3,(H2,27,29,30). The first-order valence-corrected chi connectivity index (χ1v) is 11.7. The summed E-state index contributed by atoms with van der Waals surface area (Å²) in [5.41, 5.74) is 9.97. The van der Waals surface area contributed by atoms with Crippen LogP contribution >= 0.6 is 0 Å². The van der Waals surface area contributed by atoms with Crippen LogP contribution in [-0.2, 0) is 6.61 Å². The molecule has 0 radical (unpaired) electrons. The topological polar surface area (TPSA) is 90.4 Å². The van der Waals surface area contributed by atoms with Crippen molar-refractivity contribution < 1.29 is 4.74 Å². The van der Waals surface area contributed by atoms with Gasteiger partial charge in [-0.3, -0.25) is 0 Å². The number of hydrogen-bond donors (Lipinski definition) is 2. The number of nitrogens with zero attached hydrogens (tertiary/aromatic N) is 4. The fraction of sp³-hybridized carbons (Fsp3) is 0.346. The van der Waals surface area contributed by atoms with Gasteiger partial charge >= 0.3 is 0 Å². The van der Waals surface area contributed by atoms with Gasteiger partial charge in [0.1, 0.15) is 35.7 Å². The number of ether oxygens (including phenoxy) is 1. The molecule has 2 aromatic heterocycles. The van der Waals surface area contributed by atoms with E-state index in [1.165, 1.54) is 12.7 Å². The minimum Gasteiger partial charge on any atom is -0.489 e. The van der Waals surface area contributed by atoms with E-state index in [-0.39, 0.29) is 0 Å². The Hall–Kier alpha value is -3.45. The molecule has 7 heteroatoms. The van der Waals surface area contributed by atoms with E-state index >= 15 is 0 Å². The Morgan fingerprint density at radius 2 is 2.00 bits per heavy atom. The third-order valence-electron chi connectivity index (χ3n) is 6.43. The van der Waals surface area contributed by atoms with Crippen LogP contribution in [0.15, 0.2) is 60.9 Å². The molecule has 1 fully saturated rings. The van der Waals surface area contributed by atoms with Crippen molar-refractivity contribution in [1.29, 1.82) is 0 Å². The molecule has 0 saturated heterocycles. The van der Waals surface area contributed by atoms with E-state index < -0.39 is 0 Å². The number of anilines is 1. The molecule has 2 aromatic carbocycles. The minimum absolute atomic E-state index is 0.363. The molecule has 1 saturated carbocycles. The first-order chi connectivity index (χ1) is 16.2. The molecule has 0 aliphatic heterocycles. The van der Waals surface area contributed by atoms with Gasteiger partial charge in [0.15, 0.2) is 5.82 Å². The van der Waals surface area contributed by atoms with Gasteiger partial charge in [-0.15, -0.1) is 0 Å². The van der Waals surface area contributed by atoms with E-state index in [0.717, 1.165) is 59.8 Å². The van der Waals surface area contributed by atoms with E-state index in [2.05, 4.69) is 34.5 Å². The number of rotatable bonds is 8. The van der Waals surface area contributed by atoms with Gasteiger partial charge in [0, 0.05) is 11.5 Å². The summed E-state index contributed by atoms with van der Waals surface area (Å²) >= 11 is 0. The number of aromatic nitrogens is 4. The van der Waals surface area contributed by atoms with Crippen LogP contribution in [0.1, 0.15) is 43.5 Å². The maximum Gasteiger partial charge on any atom is 0.153 e. The zero-order valence-corrected chi connectivity index (χ0v) is 18.9. The summed E-state index contributed by atoms with van der Waals surface area (Å²) in [5, 5.41) is 8.02. The van der Waals surface area contributed by atoms with Gasteiger partial charge in [0.25, 0.3) is 0 Å². The van der Waals surface area contributed by atoms with Crippen molar-refractivity contribution in [3.8, 4) is 17.0 Å². The number of nitrogens with one attached hydrogen (secondary N) is 1. The molecule has 0 amide bonds. The molecule has 5 rings (SSSR count). The lowest BCUT2D eigenvalue weighted by molar-refractivity contribution is 0.306. The highest BCUT2D eigenvalue weighted by molar-refractivity contribution is 5.85. The first kappa shape index (κ1) is 21.4. The second kappa shape index (κ2) is 9.58. The maximum absolute atomic E-state index is 6.32. The van der Waals surface area contributed by atoms with Crippen LogP contribution in [0.4, 0.5) is 5.82 Å². The molecule has 33 heavy (non-hydrogen) atoms. The largest absolute Gasteiger partial charge is 0.489 e. The summed E-state index contributed by atoms with van der Waals surface area (Å²) in [4.78, 5) is 9.33. The fourth-order valence-electron chi connectivity index (χ4n) is 4.76. The smallest absolute Gasteiger partial charge is 0.153 e. The molecular weight excluding hydrogens is 412 g/mol. The van der Waals surface area contributed by atoms with E-state index in [4.69, 9.17) is 15.5 Å². The summed E-state index contributed by atoms with van der Waals surface area (Å²) in [6.45, 7) is 4.73. The van der Waals surface area contributed by atoms with Gasteiger partial charge in [-0.1, -0.05) is 49.4 Å². The second-order valence-electron chi connectivity index (χ2n) is 8.71. The van der Waals surface area contributed by atoms with Crippen LogP contribution in [0.2, 0.25) is 0 Å². The van der Waals surface area contributed by atoms with Gasteiger partial charge in [-0.05, 0) is 56.0 Å². The van der Waals surface area contributed by atoms with Crippen LogP contribution in [0.3, 0.4) is 0 Å². The van der Waals surface area contributed by atoms with E-state index in [1.54, 1.807) is 0 Å². The first-order valence-electron chi connectivity index (χ1n) is 11.7. The molecule has 0 bridgehead atoms. The Morgan fingerprint density at radius 3 is 2.85 bits per heavy atom. The zero-order valence-electron chi connectivity index (χ0n) is 18.9. The summed E-state index contributed by atoms with van der Waals surface area (Å²) in [6.07, 6.45) is 4.93. The van der Waals surface area contributed by atoms with Crippen molar-refractivity contribution in [2.24, 2.45) is 5.92 Å². The lowest BCUT2D eigenvalue weighted by Gasteiger charge is -2.10.